The van der Waals surface area contributed by atoms with Crippen molar-refractivity contribution in [2.24, 2.45) is 0 Å². The van der Waals surface area contributed by atoms with Gasteiger partial charge in [-0.15, -0.1) is 0 Å². The van der Waals surface area contributed by atoms with Crippen molar-refractivity contribution < 1.29 is 24.2 Å². The summed E-state index contributed by atoms with van der Waals surface area (Å²) in [5.74, 6) is -0.372. The third kappa shape index (κ3) is 4.72. The highest BCUT2D eigenvalue weighted by atomic mass is 16.5. The first-order valence-electron chi connectivity index (χ1n) is 10.2. The van der Waals surface area contributed by atoms with Gasteiger partial charge in [0.25, 0.3) is 11.7 Å². The summed E-state index contributed by atoms with van der Waals surface area (Å²) < 4.78 is 10.8. The van der Waals surface area contributed by atoms with Crippen LogP contribution in [-0.2, 0) is 9.59 Å². The molecule has 0 saturated carbocycles. The molecular weight excluding hydrogens is 396 g/mol. The van der Waals surface area contributed by atoms with Crippen LogP contribution in [0.2, 0.25) is 0 Å². The van der Waals surface area contributed by atoms with Crippen molar-refractivity contribution in [3.05, 3.63) is 65.2 Å². The Morgan fingerprint density at radius 2 is 1.81 bits per heavy atom. The van der Waals surface area contributed by atoms with Crippen LogP contribution in [0.25, 0.3) is 5.76 Å². The van der Waals surface area contributed by atoms with E-state index in [2.05, 4.69) is 0 Å². The van der Waals surface area contributed by atoms with Crippen LogP contribution in [0.4, 0.5) is 0 Å². The fourth-order valence-electron chi connectivity index (χ4n) is 3.63. The summed E-state index contributed by atoms with van der Waals surface area (Å²) >= 11 is 0. The Hall–Kier alpha value is -3.32. The largest absolute Gasteiger partial charge is 0.507 e. The maximum Gasteiger partial charge on any atom is 0.295 e. The predicted octanol–water partition coefficient (Wildman–Crippen LogP) is 3.08. The maximum atomic E-state index is 13.0. The van der Waals surface area contributed by atoms with Gasteiger partial charge in [-0.05, 0) is 50.8 Å². The van der Waals surface area contributed by atoms with Crippen LogP contribution in [0.1, 0.15) is 24.1 Å². The van der Waals surface area contributed by atoms with E-state index in [-0.39, 0.29) is 11.3 Å². The zero-order valence-electron chi connectivity index (χ0n) is 18.3. The summed E-state index contributed by atoms with van der Waals surface area (Å²) in [4.78, 5) is 29.4. The molecule has 1 N–H and O–H groups in total. The quantitative estimate of drug-likeness (QED) is 0.399. The first-order chi connectivity index (χ1) is 14.9. The second-order valence-electron chi connectivity index (χ2n) is 7.53. The second-order valence-corrected chi connectivity index (χ2v) is 7.53. The third-order valence-electron chi connectivity index (χ3n) is 5.16. The number of hydrogen-bond acceptors (Lipinski definition) is 6. The van der Waals surface area contributed by atoms with Crippen LogP contribution in [0.15, 0.2) is 54.1 Å². The summed E-state index contributed by atoms with van der Waals surface area (Å²) in [5, 5.41) is 11.1. The van der Waals surface area contributed by atoms with Gasteiger partial charge >= 0.3 is 0 Å². The van der Waals surface area contributed by atoms with Gasteiger partial charge in [-0.2, -0.15) is 0 Å². The molecule has 0 aromatic heterocycles. The van der Waals surface area contributed by atoms with E-state index in [0.717, 1.165) is 0 Å². The van der Waals surface area contributed by atoms with Crippen molar-refractivity contribution in [3.63, 3.8) is 0 Å². The summed E-state index contributed by atoms with van der Waals surface area (Å²) in [6, 6.07) is 13.3. The number of ether oxygens (including phenoxy) is 2. The number of carbonyl (C=O) groups excluding carboxylic acids is 2. The standard InChI is InChI=1S/C24H28N2O5/c1-5-31-19-11-7-9-17(15-19)22(27)20-21(16-8-6-10-18(14-16)30-4)26(13-12-25(2)3)24(29)23(20)28/h6-11,14-15,21,27H,5,12-13H2,1-4H3/b22-20-. The summed E-state index contributed by atoms with van der Waals surface area (Å²) in [7, 11) is 5.36. The Balaban J connectivity index is 2.15. The number of benzene rings is 2. The molecule has 1 heterocycles. The third-order valence-corrected chi connectivity index (χ3v) is 5.16. The number of nitrogens with zero attached hydrogens (tertiary/aromatic N) is 2. The van der Waals surface area contributed by atoms with Gasteiger partial charge in [0.2, 0.25) is 0 Å². The first-order valence-corrected chi connectivity index (χ1v) is 10.2. The lowest BCUT2D eigenvalue weighted by Crippen LogP contribution is -2.35. The highest BCUT2D eigenvalue weighted by molar-refractivity contribution is 6.46. The van der Waals surface area contributed by atoms with Crippen molar-refractivity contribution in [2.45, 2.75) is 13.0 Å². The molecule has 7 nitrogen and oxygen atoms in total. The zero-order chi connectivity index (χ0) is 22.5. The van der Waals surface area contributed by atoms with Crippen LogP contribution >= 0.6 is 0 Å². The molecule has 0 spiro atoms. The summed E-state index contributed by atoms with van der Waals surface area (Å²) in [5.41, 5.74) is 1.18. The minimum atomic E-state index is -0.717. The van der Waals surface area contributed by atoms with Crippen LogP contribution in [-0.4, -0.2) is 67.5 Å². The van der Waals surface area contributed by atoms with Gasteiger partial charge in [-0.1, -0.05) is 24.3 Å². The van der Waals surface area contributed by atoms with Crippen LogP contribution in [0, 0.1) is 0 Å². The first kappa shape index (κ1) is 22.4. The number of carbonyl (C=O) groups is 2. The Labute approximate surface area is 182 Å². The highest BCUT2D eigenvalue weighted by Gasteiger charge is 2.46. The number of aliphatic hydroxyl groups is 1. The molecular formula is C24H28N2O5. The van der Waals surface area contributed by atoms with Gasteiger partial charge in [0.05, 0.1) is 25.3 Å². The van der Waals surface area contributed by atoms with Gasteiger partial charge in [-0.3, -0.25) is 9.59 Å². The van der Waals surface area contributed by atoms with E-state index >= 15 is 0 Å². The fourth-order valence-corrected chi connectivity index (χ4v) is 3.63. The molecule has 31 heavy (non-hydrogen) atoms. The highest BCUT2D eigenvalue weighted by Crippen LogP contribution is 2.40. The van der Waals surface area contributed by atoms with Gasteiger partial charge in [0, 0.05) is 18.7 Å². The Kier molecular flexibility index (Phi) is 6.97. The average Bonchev–Trinajstić information content (AvgIpc) is 3.02. The van der Waals surface area contributed by atoms with Crippen molar-refractivity contribution in [2.75, 3.05) is 40.9 Å². The number of amides is 1. The van der Waals surface area contributed by atoms with Gasteiger partial charge in [0.1, 0.15) is 17.3 Å². The molecule has 1 atom stereocenters. The van der Waals surface area contributed by atoms with Crippen LogP contribution in [0.3, 0.4) is 0 Å². The number of rotatable bonds is 8. The van der Waals surface area contributed by atoms with Crippen molar-refractivity contribution in [3.8, 4) is 11.5 Å². The molecule has 164 valence electrons. The van der Waals surface area contributed by atoms with Gasteiger partial charge in [0.15, 0.2) is 0 Å². The van der Waals surface area contributed by atoms with E-state index in [1.165, 1.54) is 4.90 Å². The monoisotopic (exact) mass is 424 g/mol. The molecule has 1 fully saturated rings. The summed E-state index contributed by atoms with van der Waals surface area (Å²) in [6.45, 7) is 3.26. The molecule has 2 aromatic carbocycles. The fraction of sp³-hybridized carbons (Fsp3) is 0.333. The maximum absolute atomic E-state index is 13.0. The molecule has 2 aromatic rings. The molecule has 3 rings (SSSR count). The average molecular weight is 424 g/mol. The van der Waals surface area contributed by atoms with E-state index in [4.69, 9.17) is 9.47 Å². The smallest absolute Gasteiger partial charge is 0.295 e. The number of Topliss-reactive ketones (excluding diaryl/α,β-unsaturated/α-hetero) is 1. The van der Waals surface area contributed by atoms with Crippen LogP contribution < -0.4 is 9.47 Å². The Bertz CT molecular complexity index is 999. The lowest BCUT2D eigenvalue weighted by atomic mass is 9.95. The van der Waals surface area contributed by atoms with Gasteiger partial charge in [-0.25, -0.2) is 0 Å². The SMILES string of the molecule is CCOc1cccc(/C(O)=C2/C(=O)C(=O)N(CCN(C)C)C2c2cccc(OC)c2)c1. The molecule has 7 heteroatoms. The van der Waals surface area contributed by atoms with E-state index in [9.17, 15) is 14.7 Å². The van der Waals surface area contributed by atoms with E-state index in [1.54, 1.807) is 49.6 Å². The molecule has 0 bridgehead atoms. The predicted molar refractivity (Wildman–Crippen MR) is 118 cm³/mol. The van der Waals surface area contributed by atoms with Crippen LogP contribution in [0.5, 0.6) is 11.5 Å². The normalized spacial score (nSPS) is 18.0. The van der Waals surface area contributed by atoms with E-state index in [0.29, 0.717) is 42.3 Å². The van der Waals surface area contributed by atoms with Crippen molar-refractivity contribution in [1.29, 1.82) is 0 Å². The number of likely N-dealkylation sites (N-methyl/N-ethyl adjacent to an activating group) is 1. The Morgan fingerprint density at radius 3 is 2.48 bits per heavy atom. The summed E-state index contributed by atoms with van der Waals surface area (Å²) in [6.07, 6.45) is 0. The molecule has 0 aliphatic carbocycles. The second kappa shape index (κ2) is 9.66. The molecule has 1 aliphatic rings. The van der Waals surface area contributed by atoms with Crippen molar-refractivity contribution >= 4 is 17.4 Å². The molecule has 0 radical (unpaired) electrons. The number of hydrogen-bond donors (Lipinski definition) is 1. The minimum absolute atomic E-state index is 0.0608. The van der Waals surface area contributed by atoms with E-state index in [1.807, 2.05) is 32.0 Å². The number of aliphatic hydroxyl groups excluding tert-OH is 1. The Morgan fingerprint density at radius 1 is 1.10 bits per heavy atom. The molecule has 1 unspecified atom stereocenters. The lowest BCUT2D eigenvalue weighted by molar-refractivity contribution is -0.140. The zero-order valence-corrected chi connectivity index (χ0v) is 18.3. The molecule has 1 saturated heterocycles. The topological polar surface area (TPSA) is 79.3 Å². The number of ketones is 1. The lowest BCUT2D eigenvalue weighted by Gasteiger charge is -2.26. The van der Waals surface area contributed by atoms with E-state index < -0.39 is 17.7 Å². The van der Waals surface area contributed by atoms with Crippen molar-refractivity contribution in [1.82, 2.24) is 9.80 Å². The van der Waals surface area contributed by atoms with Gasteiger partial charge < -0.3 is 24.4 Å². The number of methoxy groups -OCH3 is 1. The minimum Gasteiger partial charge on any atom is -0.507 e. The molecule has 1 amide bonds. The number of likely N-dealkylation sites (tertiary alicyclic amines) is 1. The molecule has 1 aliphatic heterocycles.